The fourth-order valence-corrected chi connectivity index (χ4v) is 3.88. The highest BCUT2D eigenvalue weighted by Gasteiger charge is 2.56. The van der Waals surface area contributed by atoms with Crippen LogP contribution in [-0.2, 0) is 16.0 Å². The molecule has 4 rings (SSSR count). The molecule has 2 heterocycles. The van der Waals surface area contributed by atoms with Gasteiger partial charge in [0, 0.05) is 36.7 Å². The lowest BCUT2D eigenvalue weighted by Crippen LogP contribution is -2.66. The molecule has 1 fully saturated rings. The van der Waals surface area contributed by atoms with Gasteiger partial charge in [-0.25, -0.2) is 4.79 Å². The first-order chi connectivity index (χ1) is 14.8. The highest BCUT2D eigenvalue weighted by molar-refractivity contribution is 6.48. The van der Waals surface area contributed by atoms with Gasteiger partial charge in [0.05, 0.1) is 7.11 Å². The maximum absolute atomic E-state index is 13.2. The number of hydrogen-bond donors (Lipinski definition) is 0. The van der Waals surface area contributed by atoms with Crippen LogP contribution in [-0.4, -0.2) is 66.1 Å². The molecule has 0 radical (unpaired) electrons. The molecule has 0 saturated carbocycles. The summed E-state index contributed by atoms with van der Waals surface area (Å²) >= 11 is 5.94. The quantitative estimate of drug-likeness (QED) is 0.686. The van der Waals surface area contributed by atoms with Crippen LogP contribution in [0.25, 0.3) is 0 Å². The number of aliphatic imine (C=N–C) groups is 2. The van der Waals surface area contributed by atoms with Crippen LogP contribution in [0.3, 0.4) is 0 Å². The first-order valence-corrected chi connectivity index (χ1v) is 9.83. The second-order valence-corrected chi connectivity index (χ2v) is 7.69. The van der Waals surface area contributed by atoms with Crippen LogP contribution < -0.4 is 0 Å². The number of imide groups is 1. The topological polar surface area (TPSA) is 91.6 Å². The van der Waals surface area contributed by atoms with Crippen molar-refractivity contribution in [3.8, 4) is 0 Å². The first-order valence-electron chi connectivity index (χ1n) is 9.45. The molecule has 2 aromatic carbocycles. The Kier molecular flexibility index (Phi) is 5.10. The number of halogens is 1. The van der Waals surface area contributed by atoms with Crippen molar-refractivity contribution < 1.29 is 19.1 Å². The third-order valence-corrected chi connectivity index (χ3v) is 5.74. The summed E-state index contributed by atoms with van der Waals surface area (Å²) < 4.78 is 5.17. The standard InChI is InChI=1S/C22H19ClN4O4/c1-26-19(29)18-22(27(2)21(26)30,25-20(24-18)31-3)12-14-6-4-5-7-16(14)17(28)13-8-10-15(23)11-9-13/h4-11H,12H2,1-3H3. The molecule has 0 bridgehead atoms. The Labute approximate surface area is 183 Å². The molecule has 9 heteroatoms. The summed E-state index contributed by atoms with van der Waals surface area (Å²) in [6, 6.07) is 13.1. The largest absolute Gasteiger partial charge is 0.467 e. The number of amidine groups is 1. The fourth-order valence-electron chi connectivity index (χ4n) is 3.75. The second kappa shape index (κ2) is 7.63. The van der Waals surface area contributed by atoms with E-state index in [1.807, 2.05) is 0 Å². The smallest absolute Gasteiger partial charge is 0.328 e. The number of rotatable bonds is 4. The third kappa shape index (κ3) is 3.29. The van der Waals surface area contributed by atoms with Gasteiger partial charge in [-0.15, -0.1) is 0 Å². The average molecular weight is 439 g/mol. The zero-order valence-electron chi connectivity index (χ0n) is 17.1. The first kappa shape index (κ1) is 20.7. The monoisotopic (exact) mass is 438 g/mol. The van der Waals surface area contributed by atoms with Gasteiger partial charge in [0.2, 0.25) is 0 Å². The Morgan fingerprint density at radius 3 is 2.45 bits per heavy atom. The summed E-state index contributed by atoms with van der Waals surface area (Å²) in [5, 5.41) is 0.530. The van der Waals surface area contributed by atoms with E-state index in [-0.39, 0.29) is 23.9 Å². The number of amides is 3. The molecular formula is C22H19ClN4O4. The van der Waals surface area contributed by atoms with Crippen LogP contribution in [0, 0.1) is 0 Å². The van der Waals surface area contributed by atoms with Crippen molar-refractivity contribution in [1.82, 2.24) is 9.80 Å². The minimum absolute atomic E-state index is 0.000177. The summed E-state index contributed by atoms with van der Waals surface area (Å²) in [5.41, 5.74) is 0.199. The highest BCUT2D eigenvalue weighted by atomic mass is 35.5. The van der Waals surface area contributed by atoms with Crippen molar-refractivity contribution in [2.45, 2.75) is 12.1 Å². The number of ether oxygens (including phenoxy) is 1. The van der Waals surface area contributed by atoms with Gasteiger partial charge < -0.3 is 4.74 Å². The molecule has 2 aromatic rings. The van der Waals surface area contributed by atoms with Gasteiger partial charge in [-0.1, -0.05) is 35.9 Å². The molecule has 1 unspecified atom stereocenters. The Hall–Kier alpha value is -3.52. The van der Waals surface area contributed by atoms with Crippen LogP contribution in [0.4, 0.5) is 4.79 Å². The highest BCUT2D eigenvalue weighted by Crippen LogP contribution is 2.34. The molecule has 1 saturated heterocycles. The number of hydrogen-bond acceptors (Lipinski definition) is 6. The van der Waals surface area contributed by atoms with Gasteiger partial charge in [-0.2, -0.15) is 9.98 Å². The van der Waals surface area contributed by atoms with Crippen molar-refractivity contribution >= 4 is 41.1 Å². The Morgan fingerprint density at radius 1 is 1.10 bits per heavy atom. The van der Waals surface area contributed by atoms with E-state index in [4.69, 9.17) is 16.3 Å². The molecule has 2 aliphatic heterocycles. The van der Waals surface area contributed by atoms with Crippen molar-refractivity contribution in [3.63, 3.8) is 0 Å². The van der Waals surface area contributed by atoms with E-state index >= 15 is 0 Å². The predicted octanol–water partition coefficient (Wildman–Crippen LogP) is 2.79. The van der Waals surface area contributed by atoms with E-state index in [1.54, 1.807) is 55.6 Å². The van der Waals surface area contributed by atoms with Crippen LogP contribution in [0.15, 0.2) is 58.5 Å². The number of fused-ring (bicyclic) bond motifs is 1. The SMILES string of the molecule is COC1=NC2(Cc3ccccc3C(=O)c3ccc(Cl)cc3)C(=N1)C(=O)N(C)C(=O)N2C. The molecule has 0 aliphatic carbocycles. The van der Waals surface area contributed by atoms with E-state index in [2.05, 4.69) is 9.98 Å². The van der Waals surface area contributed by atoms with Gasteiger partial charge >= 0.3 is 12.1 Å². The maximum Gasteiger partial charge on any atom is 0.328 e. The zero-order chi connectivity index (χ0) is 22.3. The van der Waals surface area contributed by atoms with Crippen molar-refractivity contribution in [3.05, 3.63) is 70.2 Å². The van der Waals surface area contributed by atoms with Gasteiger partial charge in [0.25, 0.3) is 5.91 Å². The maximum atomic E-state index is 13.2. The molecule has 3 amide bonds. The lowest BCUT2D eigenvalue weighted by Gasteiger charge is -2.42. The van der Waals surface area contributed by atoms with Gasteiger partial charge in [-0.05, 0) is 29.8 Å². The average Bonchev–Trinajstić information content (AvgIpc) is 3.16. The molecule has 31 heavy (non-hydrogen) atoms. The number of methoxy groups -OCH3 is 1. The van der Waals surface area contributed by atoms with Gasteiger partial charge in [0.1, 0.15) is 0 Å². The van der Waals surface area contributed by atoms with E-state index in [1.165, 1.54) is 19.1 Å². The number of urea groups is 1. The Bertz CT molecular complexity index is 1160. The molecule has 1 atom stereocenters. The molecule has 8 nitrogen and oxygen atoms in total. The van der Waals surface area contributed by atoms with Crippen LogP contribution >= 0.6 is 11.6 Å². The van der Waals surface area contributed by atoms with Crippen LogP contribution in [0.1, 0.15) is 21.5 Å². The number of ketones is 1. The zero-order valence-corrected chi connectivity index (χ0v) is 17.9. The van der Waals surface area contributed by atoms with Gasteiger partial charge in [0.15, 0.2) is 17.2 Å². The van der Waals surface area contributed by atoms with E-state index < -0.39 is 17.6 Å². The molecule has 0 aromatic heterocycles. The Balaban J connectivity index is 1.80. The van der Waals surface area contributed by atoms with Crippen molar-refractivity contribution in [1.29, 1.82) is 0 Å². The summed E-state index contributed by atoms with van der Waals surface area (Å²) in [7, 11) is 4.32. The van der Waals surface area contributed by atoms with Crippen LogP contribution in [0.5, 0.6) is 0 Å². The molecule has 0 spiro atoms. The summed E-state index contributed by atoms with van der Waals surface area (Å²) in [6.07, 6.45) is 0.0794. The molecule has 158 valence electrons. The minimum atomic E-state index is -1.40. The molecular weight excluding hydrogens is 420 g/mol. The summed E-state index contributed by atoms with van der Waals surface area (Å²) in [5.74, 6) is -0.760. The van der Waals surface area contributed by atoms with Gasteiger partial charge in [-0.3, -0.25) is 19.4 Å². The third-order valence-electron chi connectivity index (χ3n) is 5.49. The van der Waals surface area contributed by atoms with Crippen molar-refractivity contribution in [2.24, 2.45) is 9.98 Å². The number of likely N-dealkylation sites (N-methyl/N-ethyl adjacent to an activating group) is 1. The van der Waals surface area contributed by atoms with E-state index in [0.717, 1.165) is 4.90 Å². The molecule has 0 N–H and O–H groups in total. The summed E-state index contributed by atoms with van der Waals surface area (Å²) in [6.45, 7) is 0. The normalized spacial score (nSPS) is 20.4. The minimum Gasteiger partial charge on any atom is -0.467 e. The predicted molar refractivity (Wildman–Crippen MR) is 116 cm³/mol. The second-order valence-electron chi connectivity index (χ2n) is 7.25. The van der Waals surface area contributed by atoms with Crippen LogP contribution in [0.2, 0.25) is 5.02 Å². The van der Waals surface area contributed by atoms with Crippen molar-refractivity contribution in [2.75, 3.05) is 21.2 Å². The fraction of sp³-hybridized carbons (Fsp3) is 0.227. The Morgan fingerprint density at radius 2 is 1.77 bits per heavy atom. The summed E-state index contributed by atoms with van der Waals surface area (Å²) in [4.78, 5) is 49.8. The number of nitrogens with zero attached hydrogens (tertiary/aromatic N) is 4. The molecule has 2 aliphatic rings. The van der Waals surface area contributed by atoms with E-state index in [9.17, 15) is 14.4 Å². The lowest BCUT2D eigenvalue weighted by molar-refractivity contribution is -0.122. The number of carbonyl (C=O) groups excluding carboxylic acids is 3. The van der Waals surface area contributed by atoms with E-state index in [0.29, 0.717) is 21.7 Å². The lowest BCUT2D eigenvalue weighted by atomic mass is 9.87. The number of carbonyl (C=O) groups is 3. The number of benzene rings is 2.